The number of thioether (sulfide) groups is 1. The third-order valence-electron chi connectivity index (χ3n) is 4.86. The lowest BCUT2D eigenvalue weighted by atomic mass is 9.96. The molecular weight excluding hydrogens is 322 g/mol. The Morgan fingerprint density at radius 3 is 2.96 bits per heavy atom. The van der Waals surface area contributed by atoms with E-state index in [-0.39, 0.29) is 11.8 Å². The molecule has 1 atom stereocenters. The first kappa shape index (κ1) is 17.5. The average molecular weight is 349 g/mol. The first-order valence-corrected chi connectivity index (χ1v) is 10.00. The van der Waals surface area contributed by atoms with Crippen molar-refractivity contribution in [2.24, 2.45) is 5.92 Å². The molecule has 0 bridgehead atoms. The minimum absolute atomic E-state index is 0.0921. The maximum atomic E-state index is 12.4. The Bertz CT molecular complexity index is 558. The summed E-state index contributed by atoms with van der Waals surface area (Å²) in [6, 6.07) is 5.81. The Morgan fingerprint density at radius 1 is 1.33 bits per heavy atom. The van der Waals surface area contributed by atoms with Crippen LogP contribution in [0.1, 0.15) is 37.7 Å². The van der Waals surface area contributed by atoms with Crippen LogP contribution in [0, 0.1) is 5.92 Å². The van der Waals surface area contributed by atoms with E-state index < -0.39 is 0 Å². The van der Waals surface area contributed by atoms with Crippen molar-refractivity contribution in [2.75, 3.05) is 26.0 Å². The van der Waals surface area contributed by atoms with Crippen LogP contribution in [-0.2, 0) is 11.2 Å². The fraction of sp³-hybridized carbons (Fsp3) is 0.632. The molecule has 2 aliphatic rings. The third kappa shape index (κ3) is 4.59. The SMILES string of the molecule is COc1ccc2c(c1)OCC(C(=O)NCCSC1CCCCC1)C2. The number of nitrogens with one attached hydrogen (secondary N) is 1. The molecule has 1 aliphatic carbocycles. The monoisotopic (exact) mass is 349 g/mol. The molecule has 1 N–H and O–H groups in total. The highest BCUT2D eigenvalue weighted by molar-refractivity contribution is 7.99. The summed E-state index contributed by atoms with van der Waals surface area (Å²) in [5, 5.41) is 3.88. The molecule has 1 aromatic carbocycles. The number of carbonyl (C=O) groups excluding carboxylic acids is 1. The van der Waals surface area contributed by atoms with Crippen LogP contribution in [0.2, 0.25) is 0 Å². The minimum Gasteiger partial charge on any atom is -0.497 e. The number of rotatable bonds is 6. The standard InChI is InChI=1S/C19H27NO3S/c1-22-16-8-7-14-11-15(13-23-18(14)12-16)19(21)20-9-10-24-17-5-3-2-4-6-17/h7-8,12,15,17H,2-6,9-11,13H2,1H3,(H,20,21). The maximum Gasteiger partial charge on any atom is 0.226 e. The zero-order chi connectivity index (χ0) is 16.8. The third-order valence-corrected chi connectivity index (χ3v) is 6.24. The van der Waals surface area contributed by atoms with Crippen molar-refractivity contribution in [1.82, 2.24) is 5.32 Å². The largest absolute Gasteiger partial charge is 0.497 e. The predicted octanol–water partition coefficient (Wildman–Crippen LogP) is 3.43. The van der Waals surface area contributed by atoms with Crippen LogP contribution in [0.5, 0.6) is 11.5 Å². The Kier molecular flexibility index (Phi) is 6.30. The number of benzene rings is 1. The van der Waals surface area contributed by atoms with Crippen molar-refractivity contribution in [1.29, 1.82) is 0 Å². The Labute approximate surface area is 148 Å². The predicted molar refractivity (Wildman–Crippen MR) is 98.0 cm³/mol. The van der Waals surface area contributed by atoms with Gasteiger partial charge in [-0.05, 0) is 30.9 Å². The van der Waals surface area contributed by atoms with Gasteiger partial charge in [0.1, 0.15) is 18.1 Å². The van der Waals surface area contributed by atoms with E-state index >= 15 is 0 Å². The van der Waals surface area contributed by atoms with Crippen molar-refractivity contribution < 1.29 is 14.3 Å². The summed E-state index contributed by atoms with van der Waals surface area (Å²) in [5.74, 6) is 2.66. The second-order valence-electron chi connectivity index (χ2n) is 6.61. The summed E-state index contributed by atoms with van der Waals surface area (Å²) in [6.45, 7) is 1.20. The zero-order valence-electron chi connectivity index (χ0n) is 14.4. The number of methoxy groups -OCH3 is 1. The van der Waals surface area contributed by atoms with Gasteiger partial charge in [-0.3, -0.25) is 4.79 Å². The lowest BCUT2D eigenvalue weighted by molar-refractivity contribution is -0.126. The molecule has 1 aliphatic heterocycles. The van der Waals surface area contributed by atoms with E-state index in [1.807, 2.05) is 30.0 Å². The van der Waals surface area contributed by atoms with E-state index in [0.717, 1.165) is 41.0 Å². The van der Waals surface area contributed by atoms with Crippen molar-refractivity contribution >= 4 is 17.7 Å². The highest BCUT2D eigenvalue weighted by Gasteiger charge is 2.26. The van der Waals surface area contributed by atoms with E-state index in [9.17, 15) is 4.79 Å². The lowest BCUT2D eigenvalue weighted by Crippen LogP contribution is -2.38. The highest BCUT2D eigenvalue weighted by atomic mass is 32.2. The Hall–Kier alpha value is -1.36. The molecule has 3 rings (SSSR count). The molecule has 1 amide bonds. The number of carbonyl (C=O) groups is 1. The fourth-order valence-corrected chi connectivity index (χ4v) is 4.64. The van der Waals surface area contributed by atoms with Gasteiger partial charge >= 0.3 is 0 Å². The van der Waals surface area contributed by atoms with Crippen molar-refractivity contribution in [3.05, 3.63) is 23.8 Å². The second-order valence-corrected chi connectivity index (χ2v) is 8.02. The van der Waals surface area contributed by atoms with Crippen molar-refractivity contribution in [2.45, 2.75) is 43.8 Å². The zero-order valence-corrected chi connectivity index (χ0v) is 15.2. The normalized spacial score (nSPS) is 20.8. The molecule has 0 spiro atoms. The summed E-state index contributed by atoms with van der Waals surface area (Å²) in [4.78, 5) is 12.4. The van der Waals surface area contributed by atoms with Crippen LogP contribution in [-0.4, -0.2) is 37.2 Å². The lowest BCUT2D eigenvalue weighted by Gasteiger charge is -2.25. The fourth-order valence-electron chi connectivity index (χ4n) is 3.42. The van der Waals surface area contributed by atoms with Gasteiger partial charge < -0.3 is 14.8 Å². The molecule has 1 aromatic rings. The molecule has 1 saturated carbocycles. The minimum atomic E-state index is -0.0921. The van der Waals surface area contributed by atoms with Crippen molar-refractivity contribution in [3.63, 3.8) is 0 Å². The average Bonchev–Trinajstić information content (AvgIpc) is 2.65. The molecule has 1 fully saturated rings. The molecule has 1 unspecified atom stereocenters. The summed E-state index contributed by atoms with van der Waals surface area (Å²) in [5.41, 5.74) is 1.08. The topological polar surface area (TPSA) is 47.6 Å². The van der Waals surface area contributed by atoms with E-state index in [0.29, 0.717) is 6.61 Å². The van der Waals surface area contributed by atoms with Gasteiger partial charge in [0.2, 0.25) is 5.91 Å². The quantitative estimate of drug-likeness (QED) is 0.800. The summed E-state index contributed by atoms with van der Waals surface area (Å²) in [6.07, 6.45) is 7.55. The second kappa shape index (κ2) is 8.65. The van der Waals surface area contributed by atoms with Gasteiger partial charge in [0, 0.05) is 23.6 Å². The molecule has 5 heteroatoms. The molecule has 1 heterocycles. The smallest absolute Gasteiger partial charge is 0.226 e. The molecule has 0 radical (unpaired) electrons. The van der Waals surface area contributed by atoms with Gasteiger partial charge in [0.05, 0.1) is 13.0 Å². The first-order chi connectivity index (χ1) is 11.8. The van der Waals surface area contributed by atoms with Crippen LogP contribution < -0.4 is 14.8 Å². The van der Waals surface area contributed by atoms with Crippen LogP contribution in [0.25, 0.3) is 0 Å². The highest BCUT2D eigenvalue weighted by Crippen LogP contribution is 2.31. The van der Waals surface area contributed by atoms with Gasteiger partial charge in [0.15, 0.2) is 0 Å². The van der Waals surface area contributed by atoms with Gasteiger partial charge in [-0.2, -0.15) is 11.8 Å². The Balaban J connectivity index is 1.41. The number of fused-ring (bicyclic) bond motifs is 1. The molecule has 0 saturated heterocycles. The molecular formula is C19H27NO3S. The van der Waals surface area contributed by atoms with E-state index in [1.54, 1.807) is 7.11 Å². The van der Waals surface area contributed by atoms with Crippen LogP contribution >= 0.6 is 11.8 Å². The number of hydrogen-bond donors (Lipinski definition) is 1. The van der Waals surface area contributed by atoms with Gasteiger partial charge in [-0.1, -0.05) is 25.3 Å². The van der Waals surface area contributed by atoms with E-state index in [1.165, 1.54) is 32.1 Å². The summed E-state index contributed by atoms with van der Waals surface area (Å²) < 4.78 is 11.0. The number of amides is 1. The molecule has 132 valence electrons. The van der Waals surface area contributed by atoms with Gasteiger partial charge in [-0.15, -0.1) is 0 Å². The maximum absolute atomic E-state index is 12.4. The Morgan fingerprint density at radius 2 is 2.17 bits per heavy atom. The van der Waals surface area contributed by atoms with Crippen LogP contribution in [0.3, 0.4) is 0 Å². The van der Waals surface area contributed by atoms with Gasteiger partial charge in [0.25, 0.3) is 0 Å². The number of hydrogen-bond acceptors (Lipinski definition) is 4. The summed E-state index contributed by atoms with van der Waals surface area (Å²) >= 11 is 2.02. The summed E-state index contributed by atoms with van der Waals surface area (Å²) in [7, 11) is 1.64. The first-order valence-electron chi connectivity index (χ1n) is 8.95. The van der Waals surface area contributed by atoms with E-state index in [2.05, 4.69) is 5.32 Å². The van der Waals surface area contributed by atoms with E-state index in [4.69, 9.17) is 9.47 Å². The van der Waals surface area contributed by atoms with Crippen LogP contribution in [0.4, 0.5) is 0 Å². The number of ether oxygens (including phenoxy) is 2. The molecule has 4 nitrogen and oxygen atoms in total. The van der Waals surface area contributed by atoms with Gasteiger partial charge in [-0.25, -0.2) is 0 Å². The molecule has 0 aromatic heterocycles. The molecule has 24 heavy (non-hydrogen) atoms. The van der Waals surface area contributed by atoms with Crippen LogP contribution in [0.15, 0.2) is 18.2 Å². The van der Waals surface area contributed by atoms with Crippen molar-refractivity contribution in [3.8, 4) is 11.5 Å².